The summed E-state index contributed by atoms with van der Waals surface area (Å²) < 4.78 is 5.77. The van der Waals surface area contributed by atoms with Crippen LogP contribution in [0.4, 0.5) is 0 Å². The Bertz CT molecular complexity index is 697. The molecule has 2 rings (SSSR count). The summed E-state index contributed by atoms with van der Waals surface area (Å²) in [4.78, 5) is 0. The zero-order valence-corrected chi connectivity index (χ0v) is 18.5. The van der Waals surface area contributed by atoms with Crippen LogP contribution in [0.25, 0.3) is 0 Å². The fraction of sp³-hybridized carbons (Fsp3) is 0.571. The first-order valence-electron chi connectivity index (χ1n) is 11.7. The molecule has 1 saturated carbocycles. The maximum Gasteiger partial charge on any atom is 0.119 e. The van der Waals surface area contributed by atoms with Crippen molar-refractivity contribution in [2.45, 2.75) is 84.5 Å². The molecule has 0 amide bonds. The van der Waals surface area contributed by atoms with Crippen LogP contribution in [-0.2, 0) is 0 Å². The number of benzene rings is 1. The third kappa shape index (κ3) is 10.3. The molecule has 29 heavy (non-hydrogen) atoms. The van der Waals surface area contributed by atoms with Gasteiger partial charge in [0.15, 0.2) is 0 Å². The number of ether oxygens (including phenoxy) is 1. The first-order chi connectivity index (χ1) is 14.3. The van der Waals surface area contributed by atoms with Gasteiger partial charge in [-0.1, -0.05) is 76.1 Å². The molecule has 0 N–H and O–H groups in total. The topological polar surface area (TPSA) is 9.23 Å². The highest BCUT2D eigenvalue weighted by Gasteiger charge is 2.18. The van der Waals surface area contributed by atoms with E-state index >= 15 is 0 Å². The number of rotatable bonds is 9. The van der Waals surface area contributed by atoms with Crippen molar-refractivity contribution in [3.05, 3.63) is 42.0 Å². The van der Waals surface area contributed by atoms with E-state index in [1.165, 1.54) is 64.2 Å². The van der Waals surface area contributed by atoms with Gasteiger partial charge in [0, 0.05) is 11.5 Å². The molecule has 1 aromatic rings. The van der Waals surface area contributed by atoms with E-state index in [2.05, 4.69) is 37.5 Å². The van der Waals surface area contributed by atoms with E-state index in [9.17, 15) is 0 Å². The van der Waals surface area contributed by atoms with Crippen LogP contribution in [0, 0.1) is 35.5 Å². The molecule has 1 aliphatic carbocycles. The quantitative estimate of drug-likeness (QED) is 0.312. The van der Waals surface area contributed by atoms with Gasteiger partial charge >= 0.3 is 0 Å². The fourth-order valence-corrected chi connectivity index (χ4v) is 3.82. The number of unbranched alkanes of at least 4 members (excludes halogenated alkanes) is 4. The molecule has 0 atom stereocenters. The molecular formula is C28H38O. The Morgan fingerprint density at radius 2 is 1.59 bits per heavy atom. The third-order valence-corrected chi connectivity index (χ3v) is 5.69. The van der Waals surface area contributed by atoms with Gasteiger partial charge in [0.25, 0.3) is 0 Å². The number of hydrogen-bond acceptors (Lipinski definition) is 1. The average Bonchev–Trinajstić information content (AvgIpc) is 2.76. The average molecular weight is 391 g/mol. The molecule has 0 saturated heterocycles. The van der Waals surface area contributed by atoms with E-state index < -0.39 is 0 Å². The van der Waals surface area contributed by atoms with Crippen molar-refractivity contribution in [1.82, 2.24) is 0 Å². The first kappa shape index (κ1) is 23.2. The van der Waals surface area contributed by atoms with E-state index in [4.69, 9.17) is 4.74 Å². The molecule has 1 aromatic carbocycles. The van der Waals surface area contributed by atoms with Crippen molar-refractivity contribution in [3.63, 3.8) is 0 Å². The van der Waals surface area contributed by atoms with Crippen LogP contribution in [0.3, 0.4) is 0 Å². The lowest BCUT2D eigenvalue weighted by Gasteiger charge is -2.25. The Morgan fingerprint density at radius 3 is 2.31 bits per heavy atom. The second kappa shape index (κ2) is 14.8. The summed E-state index contributed by atoms with van der Waals surface area (Å²) in [5, 5.41) is 0. The molecule has 1 fully saturated rings. The second-order valence-electron chi connectivity index (χ2n) is 8.18. The second-order valence-corrected chi connectivity index (χ2v) is 8.18. The molecule has 1 nitrogen and oxygen atoms in total. The van der Waals surface area contributed by atoms with Gasteiger partial charge in [0.05, 0.1) is 6.61 Å². The minimum Gasteiger partial charge on any atom is -0.494 e. The zero-order chi connectivity index (χ0) is 20.6. The van der Waals surface area contributed by atoms with Gasteiger partial charge in [-0.15, -0.1) is 0 Å². The van der Waals surface area contributed by atoms with Gasteiger partial charge in [-0.2, -0.15) is 0 Å². The SMILES string of the molecule is CCCCCCOc1ccc(C#C/C=C/C#C[C@H]2CC[C@H](CCCC)CC2)cc1. The first-order valence-corrected chi connectivity index (χ1v) is 11.7. The van der Waals surface area contributed by atoms with Crippen LogP contribution >= 0.6 is 0 Å². The van der Waals surface area contributed by atoms with Crippen molar-refractivity contribution in [2.75, 3.05) is 6.61 Å². The molecule has 0 radical (unpaired) electrons. The Balaban J connectivity index is 1.67. The van der Waals surface area contributed by atoms with Crippen LogP contribution in [0.2, 0.25) is 0 Å². The van der Waals surface area contributed by atoms with Gasteiger partial charge in [-0.25, -0.2) is 0 Å². The molecule has 1 aliphatic rings. The van der Waals surface area contributed by atoms with E-state index in [0.717, 1.165) is 30.3 Å². The van der Waals surface area contributed by atoms with E-state index in [1.54, 1.807) is 0 Å². The molecular weight excluding hydrogens is 352 g/mol. The van der Waals surface area contributed by atoms with E-state index in [-0.39, 0.29) is 0 Å². The minimum atomic E-state index is 0.583. The standard InChI is InChI=1S/C28H38O/c1-3-5-7-12-24-29-28-22-20-27(21-23-28)15-11-9-8-10-14-26-18-16-25(17-19-26)13-6-4-2/h8-9,20-23,25-26H,3-7,12-13,16-19,24H2,1-2H3/b9-8+/t25-,26-. The molecule has 1 heteroatoms. The Kier molecular flexibility index (Phi) is 11.8. The maximum absolute atomic E-state index is 5.77. The molecule has 0 unspecified atom stereocenters. The predicted octanol–water partition coefficient (Wildman–Crippen LogP) is 7.55. The number of hydrogen-bond donors (Lipinski definition) is 0. The summed E-state index contributed by atoms with van der Waals surface area (Å²) in [6.07, 6.45) is 18.1. The van der Waals surface area contributed by atoms with Gasteiger partial charge in [0.1, 0.15) is 5.75 Å². The maximum atomic E-state index is 5.77. The molecule has 0 aromatic heterocycles. The van der Waals surface area contributed by atoms with Crippen LogP contribution in [0.15, 0.2) is 36.4 Å². The summed E-state index contributed by atoms with van der Waals surface area (Å²) in [6, 6.07) is 8.05. The summed E-state index contributed by atoms with van der Waals surface area (Å²) >= 11 is 0. The summed E-state index contributed by atoms with van der Waals surface area (Å²) in [5.74, 6) is 15.3. The van der Waals surface area contributed by atoms with Crippen LogP contribution in [0.1, 0.15) is 90.0 Å². The summed E-state index contributed by atoms with van der Waals surface area (Å²) in [6.45, 7) is 5.31. The van der Waals surface area contributed by atoms with Crippen LogP contribution in [0.5, 0.6) is 5.75 Å². The van der Waals surface area contributed by atoms with Crippen molar-refractivity contribution < 1.29 is 4.74 Å². The molecule has 0 bridgehead atoms. The number of allylic oxidation sites excluding steroid dienone is 2. The summed E-state index contributed by atoms with van der Waals surface area (Å²) in [7, 11) is 0. The Morgan fingerprint density at radius 1 is 0.862 bits per heavy atom. The molecule has 0 aliphatic heterocycles. The Hall–Kier alpha value is -2.12. The predicted molar refractivity (Wildman–Crippen MR) is 125 cm³/mol. The lowest BCUT2D eigenvalue weighted by atomic mass is 9.80. The lowest BCUT2D eigenvalue weighted by molar-refractivity contribution is 0.296. The van der Waals surface area contributed by atoms with Crippen molar-refractivity contribution >= 4 is 0 Å². The van der Waals surface area contributed by atoms with Gasteiger partial charge in [-0.05, 0) is 74.4 Å². The third-order valence-electron chi connectivity index (χ3n) is 5.69. The van der Waals surface area contributed by atoms with Crippen molar-refractivity contribution in [1.29, 1.82) is 0 Å². The Labute approximate surface area is 179 Å². The summed E-state index contributed by atoms with van der Waals surface area (Å²) in [5.41, 5.74) is 1.01. The molecule has 0 spiro atoms. The fourth-order valence-electron chi connectivity index (χ4n) is 3.82. The van der Waals surface area contributed by atoms with Gasteiger partial charge in [-0.3, -0.25) is 0 Å². The highest BCUT2D eigenvalue weighted by molar-refractivity contribution is 5.40. The van der Waals surface area contributed by atoms with Crippen molar-refractivity contribution in [3.8, 4) is 29.4 Å². The highest BCUT2D eigenvalue weighted by Crippen LogP contribution is 2.31. The highest BCUT2D eigenvalue weighted by atomic mass is 16.5. The van der Waals surface area contributed by atoms with Crippen LogP contribution in [-0.4, -0.2) is 6.61 Å². The normalized spacial score (nSPS) is 18.6. The minimum absolute atomic E-state index is 0.583. The van der Waals surface area contributed by atoms with Gasteiger partial charge in [0.2, 0.25) is 0 Å². The largest absolute Gasteiger partial charge is 0.494 e. The van der Waals surface area contributed by atoms with E-state index in [1.807, 2.05) is 36.4 Å². The molecule has 156 valence electrons. The lowest BCUT2D eigenvalue weighted by Crippen LogP contribution is -2.13. The monoisotopic (exact) mass is 390 g/mol. The van der Waals surface area contributed by atoms with Crippen molar-refractivity contribution in [2.24, 2.45) is 11.8 Å². The zero-order valence-electron chi connectivity index (χ0n) is 18.5. The molecule has 0 heterocycles. The van der Waals surface area contributed by atoms with Gasteiger partial charge < -0.3 is 4.74 Å². The van der Waals surface area contributed by atoms with E-state index in [0.29, 0.717) is 5.92 Å². The van der Waals surface area contributed by atoms with Crippen LogP contribution < -0.4 is 4.74 Å². The smallest absolute Gasteiger partial charge is 0.119 e.